The van der Waals surface area contributed by atoms with E-state index in [0.717, 1.165) is 30.0 Å². The third-order valence-corrected chi connectivity index (χ3v) is 2.98. The fourth-order valence-electron chi connectivity index (χ4n) is 2.09. The highest BCUT2D eigenvalue weighted by Crippen LogP contribution is 2.23. The van der Waals surface area contributed by atoms with Crippen LogP contribution in [0.3, 0.4) is 0 Å². The zero-order chi connectivity index (χ0) is 14.2. The molecule has 0 aliphatic carbocycles. The summed E-state index contributed by atoms with van der Waals surface area (Å²) >= 11 is 0. The number of nitrogens with one attached hydrogen (secondary N) is 1. The average molecular weight is 271 g/mol. The maximum atomic E-state index is 5.57. The van der Waals surface area contributed by atoms with Gasteiger partial charge in [-0.25, -0.2) is 0 Å². The lowest BCUT2D eigenvalue weighted by Gasteiger charge is -2.19. The van der Waals surface area contributed by atoms with Crippen molar-refractivity contribution in [3.63, 3.8) is 0 Å². The lowest BCUT2D eigenvalue weighted by atomic mass is 10.0. The summed E-state index contributed by atoms with van der Waals surface area (Å²) in [6.07, 6.45) is 6.29. The first kappa shape index (κ1) is 14.5. The zero-order valence-corrected chi connectivity index (χ0v) is 12.0. The number of hydrogen-bond acceptors (Lipinski definition) is 4. The summed E-state index contributed by atoms with van der Waals surface area (Å²) in [5.74, 6) is 0.886. The van der Waals surface area contributed by atoms with E-state index in [0.29, 0.717) is 6.61 Å². The second-order valence-electron chi connectivity index (χ2n) is 4.52. The van der Waals surface area contributed by atoms with Crippen LogP contribution < -0.4 is 10.1 Å². The van der Waals surface area contributed by atoms with Crippen molar-refractivity contribution < 1.29 is 4.74 Å². The molecule has 4 nitrogen and oxygen atoms in total. The molecule has 106 valence electrons. The number of nitrogens with zero attached hydrogens (tertiary/aromatic N) is 2. The van der Waals surface area contributed by atoms with Crippen molar-refractivity contribution in [2.24, 2.45) is 0 Å². The van der Waals surface area contributed by atoms with E-state index in [2.05, 4.69) is 34.3 Å². The van der Waals surface area contributed by atoms with Crippen LogP contribution in [0.2, 0.25) is 0 Å². The van der Waals surface area contributed by atoms with E-state index >= 15 is 0 Å². The largest absolute Gasteiger partial charge is 0.494 e. The van der Waals surface area contributed by atoms with Gasteiger partial charge in [0.05, 0.1) is 24.5 Å². The molecular formula is C16H21N3O. The van der Waals surface area contributed by atoms with Gasteiger partial charge in [-0.3, -0.25) is 9.97 Å². The zero-order valence-electron chi connectivity index (χ0n) is 12.0. The van der Waals surface area contributed by atoms with Gasteiger partial charge in [-0.05, 0) is 37.6 Å². The van der Waals surface area contributed by atoms with E-state index in [1.54, 1.807) is 18.6 Å². The van der Waals surface area contributed by atoms with Gasteiger partial charge in [0.15, 0.2) is 0 Å². The van der Waals surface area contributed by atoms with Gasteiger partial charge in [-0.1, -0.05) is 19.1 Å². The quantitative estimate of drug-likeness (QED) is 0.841. The van der Waals surface area contributed by atoms with Crippen LogP contribution in [0, 0.1) is 0 Å². The molecule has 1 N–H and O–H groups in total. The van der Waals surface area contributed by atoms with Crippen molar-refractivity contribution in [1.29, 1.82) is 0 Å². The van der Waals surface area contributed by atoms with E-state index < -0.39 is 0 Å². The monoisotopic (exact) mass is 271 g/mol. The molecule has 2 rings (SSSR count). The Morgan fingerprint density at radius 1 is 1.25 bits per heavy atom. The Morgan fingerprint density at radius 2 is 2.15 bits per heavy atom. The first-order chi connectivity index (χ1) is 9.85. The molecule has 1 atom stereocenters. The van der Waals surface area contributed by atoms with Crippen LogP contribution in [-0.2, 0) is 0 Å². The van der Waals surface area contributed by atoms with Crippen molar-refractivity contribution in [2.45, 2.75) is 26.3 Å². The minimum atomic E-state index is 0.0454. The molecule has 1 unspecified atom stereocenters. The van der Waals surface area contributed by atoms with Crippen molar-refractivity contribution in [1.82, 2.24) is 15.3 Å². The van der Waals surface area contributed by atoms with E-state index in [-0.39, 0.29) is 6.04 Å². The van der Waals surface area contributed by atoms with E-state index in [4.69, 9.17) is 4.74 Å². The lowest BCUT2D eigenvalue weighted by Crippen LogP contribution is -2.24. The Kier molecular flexibility index (Phi) is 5.50. The smallest absolute Gasteiger partial charge is 0.119 e. The summed E-state index contributed by atoms with van der Waals surface area (Å²) < 4.78 is 5.57. The van der Waals surface area contributed by atoms with Gasteiger partial charge in [0.2, 0.25) is 0 Å². The summed E-state index contributed by atoms with van der Waals surface area (Å²) in [6.45, 7) is 5.74. The first-order valence-electron chi connectivity index (χ1n) is 7.07. The maximum absolute atomic E-state index is 5.57. The number of ether oxygens (including phenoxy) is 1. The first-order valence-corrected chi connectivity index (χ1v) is 7.07. The highest BCUT2D eigenvalue weighted by Gasteiger charge is 2.15. The van der Waals surface area contributed by atoms with Gasteiger partial charge in [0, 0.05) is 12.4 Å². The van der Waals surface area contributed by atoms with Crippen LogP contribution in [0.4, 0.5) is 0 Å². The lowest BCUT2D eigenvalue weighted by molar-refractivity contribution is 0.339. The van der Waals surface area contributed by atoms with Crippen LogP contribution in [0.1, 0.15) is 37.6 Å². The predicted molar refractivity (Wildman–Crippen MR) is 79.8 cm³/mol. The molecule has 0 bridgehead atoms. The Balaban J connectivity index is 2.28. The van der Waals surface area contributed by atoms with E-state index in [1.165, 1.54) is 0 Å². The Morgan fingerprint density at radius 3 is 2.85 bits per heavy atom. The van der Waals surface area contributed by atoms with Crippen molar-refractivity contribution >= 4 is 0 Å². The maximum Gasteiger partial charge on any atom is 0.119 e. The summed E-state index contributed by atoms with van der Waals surface area (Å²) in [4.78, 5) is 8.58. The number of hydrogen-bond donors (Lipinski definition) is 1. The number of benzene rings is 1. The molecule has 0 aliphatic heterocycles. The van der Waals surface area contributed by atoms with Gasteiger partial charge < -0.3 is 10.1 Å². The van der Waals surface area contributed by atoms with Gasteiger partial charge in [0.25, 0.3) is 0 Å². The molecule has 0 saturated carbocycles. The molecule has 0 amide bonds. The molecule has 2 aromatic rings. The standard InChI is InChI=1S/C16H21N3O/c1-3-8-19-16(15-12-17-9-10-18-15)13-6-5-7-14(11-13)20-4-2/h5-7,9-12,16,19H,3-4,8H2,1-2H3. The Bertz CT molecular complexity index is 516. The van der Waals surface area contributed by atoms with Crippen molar-refractivity contribution in [3.8, 4) is 5.75 Å². The molecule has 20 heavy (non-hydrogen) atoms. The van der Waals surface area contributed by atoms with Crippen LogP contribution in [-0.4, -0.2) is 23.1 Å². The Labute approximate surface area is 120 Å². The molecular weight excluding hydrogens is 250 g/mol. The Hall–Kier alpha value is -1.94. The van der Waals surface area contributed by atoms with Gasteiger partial charge in [-0.15, -0.1) is 0 Å². The average Bonchev–Trinajstić information content (AvgIpc) is 2.50. The minimum Gasteiger partial charge on any atom is -0.494 e. The summed E-state index contributed by atoms with van der Waals surface area (Å²) in [6, 6.07) is 8.18. The topological polar surface area (TPSA) is 47.0 Å². The van der Waals surface area contributed by atoms with Crippen molar-refractivity contribution in [3.05, 3.63) is 54.1 Å². The van der Waals surface area contributed by atoms with Gasteiger partial charge in [0.1, 0.15) is 5.75 Å². The van der Waals surface area contributed by atoms with Crippen LogP contribution in [0.5, 0.6) is 5.75 Å². The number of rotatable bonds is 7. The third-order valence-electron chi connectivity index (χ3n) is 2.98. The fraction of sp³-hybridized carbons (Fsp3) is 0.375. The SMILES string of the molecule is CCCNC(c1cccc(OCC)c1)c1cnccn1. The molecule has 1 aromatic heterocycles. The highest BCUT2D eigenvalue weighted by atomic mass is 16.5. The summed E-state index contributed by atoms with van der Waals surface area (Å²) in [7, 11) is 0. The van der Waals surface area contributed by atoms with E-state index in [1.807, 2.05) is 19.1 Å². The summed E-state index contributed by atoms with van der Waals surface area (Å²) in [5.41, 5.74) is 2.07. The van der Waals surface area contributed by atoms with Crippen LogP contribution in [0.25, 0.3) is 0 Å². The molecule has 0 aliphatic rings. The second kappa shape index (κ2) is 7.60. The van der Waals surface area contributed by atoms with Crippen LogP contribution in [0.15, 0.2) is 42.9 Å². The molecule has 1 heterocycles. The van der Waals surface area contributed by atoms with Crippen molar-refractivity contribution in [2.75, 3.05) is 13.2 Å². The third kappa shape index (κ3) is 3.78. The summed E-state index contributed by atoms with van der Waals surface area (Å²) in [5, 5.41) is 3.51. The fourth-order valence-corrected chi connectivity index (χ4v) is 2.09. The molecule has 0 radical (unpaired) electrons. The predicted octanol–water partition coefficient (Wildman–Crippen LogP) is 2.96. The molecule has 1 aromatic carbocycles. The highest BCUT2D eigenvalue weighted by molar-refractivity contribution is 5.34. The second-order valence-corrected chi connectivity index (χ2v) is 4.52. The molecule has 0 saturated heterocycles. The number of aromatic nitrogens is 2. The van der Waals surface area contributed by atoms with Gasteiger partial charge in [-0.2, -0.15) is 0 Å². The molecule has 0 fully saturated rings. The van der Waals surface area contributed by atoms with Gasteiger partial charge >= 0.3 is 0 Å². The van der Waals surface area contributed by atoms with Crippen LogP contribution >= 0.6 is 0 Å². The van der Waals surface area contributed by atoms with E-state index in [9.17, 15) is 0 Å². The molecule has 0 spiro atoms. The minimum absolute atomic E-state index is 0.0454. The molecule has 4 heteroatoms. The normalized spacial score (nSPS) is 12.1.